The summed E-state index contributed by atoms with van der Waals surface area (Å²) in [5.41, 5.74) is 4.65. The van der Waals surface area contributed by atoms with Gasteiger partial charge in [0.25, 0.3) is 0 Å². The molecule has 0 unspecified atom stereocenters. The summed E-state index contributed by atoms with van der Waals surface area (Å²) in [5, 5.41) is 0. The van der Waals surface area contributed by atoms with Crippen molar-refractivity contribution >= 4 is 17.5 Å². The molecular formula is C30H35N3O2. The highest BCUT2D eigenvalue weighted by Crippen LogP contribution is 2.51. The summed E-state index contributed by atoms with van der Waals surface area (Å²) >= 11 is 0. The number of nitrogens with zero attached hydrogens (tertiary/aromatic N) is 3. The van der Waals surface area contributed by atoms with E-state index in [2.05, 4.69) is 69.3 Å². The van der Waals surface area contributed by atoms with Crippen LogP contribution < -0.4 is 14.5 Å². The van der Waals surface area contributed by atoms with E-state index in [4.69, 9.17) is 4.74 Å². The molecule has 3 aromatic carbocycles. The minimum atomic E-state index is -0.774. The third-order valence-electron chi connectivity index (χ3n) is 7.57. The Morgan fingerprint density at radius 3 is 1.77 bits per heavy atom. The van der Waals surface area contributed by atoms with E-state index >= 15 is 0 Å². The maximum atomic E-state index is 13.9. The molecule has 5 heteroatoms. The molecule has 0 saturated heterocycles. The summed E-state index contributed by atoms with van der Waals surface area (Å²) in [6.07, 6.45) is 5.20. The lowest BCUT2D eigenvalue weighted by Gasteiger charge is -2.51. The Bertz CT molecular complexity index is 1130. The van der Waals surface area contributed by atoms with Crippen molar-refractivity contribution in [2.75, 3.05) is 38.0 Å². The molecule has 0 bridgehead atoms. The molecule has 2 aliphatic rings. The first-order valence-electron chi connectivity index (χ1n) is 12.6. The normalized spacial score (nSPS) is 17.5. The van der Waals surface area contributed by atoms with Crippen LogP contribution >= 0.6 is 0 Å². The second-order valence-corrected chi connectivity index (χ2v) is 10.1. The maximum Gasteiger partial charge on any atom is 0.416 e. The highest BCUT2D eigenvalue weighted by Gasteiger charge is 2.53. The molecule has 182 valence electrons. The predicted octanol–water partition coefficient (Wildman–Crippen LogP) is 6.26. The summed E-state index contributed by atoms with van der Waals surface area (Å²) in [7, 11) is 8.19. The molecule has 0 atom stereocenters. The Hall–Kier alpha value is -3.47. The van der Waals surface area contributed by atoms with E-state index in [1.54, 1.807) is 0 Å². The molecule has 1 saturated carbocycles. The van der Waals surface area contributed by atoms with E-state index in [1.807, 2.05) is 46.4 Å². The third-order valence-corrected chi connectivity index (χ3v) is 7.57. The van der Waals surface area contributed by atoms with Gasteiger partial charge in [-0.15, -0.1) is 0 Å². The van der Waals surface area contributed by atoms with Crippen LogP contribution in [0.15, 0.2) is 72.8 Å². The molecule has 1 heterocycles. The molecule has 0 aromatic heterocycles. The van der Waals surface area contributed by atoms with Crippen LogP contribution in [0.3, 0.4) is 0 Å². The fraction of sp³-hybridized carbons (Fsp3) is 0.367. The summed E-state index contributed by atoms with van der Waals surface area (Å²) in [4.78, 5) is 20.1. The quantitative estimate of drug-likeness (QED) is 0.442. The lowest BCUT2D eigenvalue weighted by molar-refractivity contribution is 0.0560. The van der Waals surface area contributed by atoms with Gasteiger partial charge in [0.2, 0.25) is 0 Å². The van der Waals surface area contributed by atoms with Crippen LogP contribution in [0.25, 0.3) is 0 Å². The van der Waals surface area contributed by atoms with E-state index in [-0.39, 0.29) is 12.1 Å². The number of hydrogen-bond acceptors (Lipinski definition) is 4. The number of rotatable bonds is 5. The van der Waals surface area contributed by atoms with Crippen molar-refractivity contribution in [3.8, 4) is 5.75 Å². The average molecular weight is 470 g/mol. The number of anilines is 2. The zero-order chi connectivity index (χ0) is 24.6. The van der Waals surface area contributed by atoms with Gasteiger partial charge in [0.1, 0.15) is 11.3 Å². The van der Waals surface area contributed by atoms with Gasteiger partial charge in [-0.3, -0.25) is 4.90 Å². The number of carbonyl (C=O) groups excluding carboxylic acids is 1. The molecule has 0 spiro atoms. The second kappa shape index (κ2) is 9.29. The van der Waals surface area contributed by atoms with Crippen molar-refractivity contribution in [2.45, 2.75) is 43.7 Å². The van der Waals surface area contributed by atoms with Crippen LogP contribution in [-0.2, 0) is 5.54 Å². The van der Waals surface area contributed by atoms with Crippen LogP contribution in [0.1, 0.15) is 48.8 Å². The van der Waals surface area contributed by atoms with Crippen molar-refractivity contribution in [1.82, 2.24) is 4.90 Å². The number of fused-ring (bicyclic) bond motifs is 1. The Balaban J connectivity index is 1.81. The van der Waals surface area contributed by atoms with Crippen molar-refractivity contribution in [3.05, 3.63) is 89.5 Å². The van der Waals surface area contributed by atoms with E-state index < -0.39 is 5.54 Å². The minimum Gasteiger partial charge on any atom is -0.410 e. The summed E-state index contributed by atoms with van der Waals surface area (Å²) in [6.45, 7) is 0. The number of amides is 1. The topological polar surface area (TPSA) is 36.0 Å². The number of benzene rings is 3. The molecule has 1 aliphatic heterocycles. The summed E-state index contributed by atoms with van der Waals surface area (Å²) in [5.74, 6) is 0.637. The standard InChI is InChI=1S/C30H35N3O2/c1-31(2)24-18-14-22(15-19-24)30(23-16-20-25(21-17-23)32(3)4)27-12-8-9-13-28(27)35-29(34)33(30)26-10-6-5-7-11-26/h8-9,12-21,26H,5-7,10-11H2,1-4H3. The molecule has 1 aliphatic carbocycles. The first-order valence-corrected chi connectivity index (χ1v) is 12.6. The van der Waals surface area contributed by atoms with Crippen LogP contribution in [0, 0.1) is 0 Å². The SMILES string of the molecule is CN(C)c1ccc(C2(c3ccc(N(C)C)cc3)c3ccccc3OC(=O)N2C2CCCCC2)cc1. The van der Waals surface area contributed by atoms with Crippen molar-refractivity contribution in [3.63, 3.8) is 0 Å². The molecule has 3 aromatic rings. The number of para-hydroxylation sites is 1. The van der Waals surface area contributed by atoms with Gasteiger partial charge < -0.3 is 14.5 Å². The highest BCUT2D eigenvalue weighted by molar-refractivity contribution is 5.80. The Kier molecular flexibility index (Phi) is 6.18. The minimum absolute atomic E-state index is 0.117. The van der Waals surface area contributed by atoms with Gasteiger partial charge in [-0.2, -0.15) is 0 Å². The molecular weight excluding hydrogens is 434 g/mol. The van der Waals surface area contributed by atoms with E-state index in [9.17, 15) is 4.79 Å². The zero-order valence-corrected chi connectivity index (χ0v) is 21.2. The maximum absolute atomic E-state index is 13.9. The summed E-state index contributed by atoms with van der Waals surface area (Å²) < 4.78 is 5.99. The first-order chi connectivity index (χ1) is 16.9. The Morgan fingerprint density at radius 2 is 1.26 bits per heavy atom. The lowest BCUT2D eigenvalue weighted by atomic mass is 9.73. The third kappa shape index (κ3) is 3.93. The van der Waals surface area contributed by atoms with Gasteiger partial charge in [0.05, 0.1) is 0 Å². The molecule has 0 N–H and O–H groups in total. The van der Waals surface area contributed by atoms with Gasteiger partial charge in [-0.1, -0.05) is 61.7 Å². The van der Waals surface area contributed by atoms with Gasteiger partial charge in [-0.05, 0) is 54.3 Å². The molecule has 0 radical (unpaired) electrons. The molecule has 5 nitrogen and oxygen atoms in total. The van der Waals surface area contributed by atoms with E-state index in [0.29, 0.717) is 5.75 Å². The van der Waals surface area contributed by atoms with Crippen molar-refractivity contribution in [2.24, 2.45) is 0 Å². The van der Waals surface area contributed by atoms with Gasteiger partial charge in [-0.25, -0.2) is 4.79 Å². The smallest absolute Gasteiger partial charge is 0.410 e. The number of hydrogen-bond donors (Lipinski definition) is 0. The fourth-order valence-corrected chi connectivity index (χ4v) is 5.78. The molecule has 35 heavy (non-hydrogen) atoms. The van der Waals surface area contributed by atoms with Gasteiger partial charge >= 0.3 is 6.09 Å². The van der Waals surface area contributed by atoms with Crippen LogP contribution in [-0.4, -0.2) is 45.2 Å². The zero-order valence-electron chi connectivity index (χ0n) is 21.2. The lowest BCUT2D eigenvalue weighted by Crippen LogP contribution is -2.59. The van der Waals surface area contributed by atoms with Gasteiger partial charge in [0.15, 0.2) is 0 Å². The highest BCUT2D eigenvalue weighted by atomic mass is 16.6. The number of ether oxygens (including phenoxy) is 1. The molecule has 5 rings (SSSR count). The Labute approximate surface area is 208 Å². The second-order valence-electron chi connectivity index (χ2n) is 10.1. The Morgan fingerprint density at radius 1 is 0.743 bits per heavy atom. The van der Waals surface area contributed by atoms with Crippen LogP contribution in [0.4, 0.5) is 16.2 Å². The molecule has 1 amide bonds. The van der Waals surface area contributed by atoms with E-state index in [0.717, 1.165) is 53.7 Å². The summed E-state index contributed by atoms with van der Waals surface area (Å²) in [6, 6.07) is 25.5. The van der Waals surface area contributed by atoms with Crippen molar-refractivity contribution in [1.29, 1.82) is 0 Å². The number of carbonyl (C=O) groups is 1. The molecule has 1 fully saturated rings. The largest absolute Gasteiger partial charge is 0.416 e. The fourth-order valence-electron chi connectivity index (χ4n) is 5.78. The monoisotopic (exact) mass is 469 g/mol. The van der Waals surface area contributed by atoms with Crippen LogP contribution in [0.2, 0.25) is 0 Å². The first kappa shape index (κ1) is 23.3. The van der Waals surface area contributed by atoms with E-state index in [1.165, 1.54) is 6.42 Å². The van der Waals surface area contributed by atoms with Gasteiger partial charge in [0, 0.05) is 51.2 Å². The predicted molar refractivity (Wildman–Crippen MR) is 143 cm³/mol. The van der Waals surface area contributed by atoms with Crippen LogP contribution in [0.5, 0.6) is 5.75 Å². The van der Waals surface area contributed by atoms with Crippen molar-refractivity contribution < 1.29 is 9.53 Å². The average Bonchev–Trinajstić information content (AvgIpc) is 2.88.